The van der Waals surface area contributed by atoms with Gasteiger partial charge < -0.3 is 9.64 Å². The summed E-state index contributed by atoms with van der Waals surface area (Å²) in [6.07, 6.45) is 8.18. The van der Waals surface area contributed by atoms with Gasteiger partial charge in [-0.2, -0.15) is 14.9 Å². The summed E-state index contributed by atoms with van der Waals surface area (Å²) in [7, 11) is 0. The van der Waals surface area contributed by atoms with Gasteiger partial charge in [0.25, 0.3) is 0 Å². The van der Waals surface area contributed by atoms with Crippen molar-refractivity contribution in [3.05, 3.63) is 71.7 Å². The van der Waals surface area contributed by atoms with Gasteiger partial charge in [-0.05, 0) is 42.7 Å². The third-order valence-electron chi connectivity index (χ3n) is 6.66. The summed E-state index contributed by atoms with van der Waals surface area (Å²) in [4.78, 5) is 20.0. The number of morpholine rings is 1. The van der Waals surface area contributed by atoms with Gasteiger partial charge in [-0.25, -0.2) is 9.78 Å². The second-order valence-electron chi connectivity index (χ2n) is 9.06. The van der Waals surface area contributed by atoms with Crippen LogP contribution in [0.2, 0.25) is 0 Å². The molecule has 0 bridgehead atoms. The molecule has 36 heavy (non-hydrogen) atoms. The van der Waals surface area contributed by atoms with Gasteiger partial charge in [-0.3, -0.25) is 14.2 Å². The van der Waals surface area contributed by atoms with Gasteiger partial charge in [-0.15, -0.1) is 0 Å². The molecule has 4 aromatic heterocycles. The molecule has 0 radical (unpaired) electrons. The highest BCUT2D eigenvalue weighted by molar-refractivity contribution is 5.95. The summed E-state index contributed by atoms with van der Waals surface area (Å²) in [6, 6.07) is 12.3. The molecule has 1 fully saturated rings. The smallest absolute Gasteiger partial charge is 0.332 e. The second-order valence-corrected chi connectivity index (χ2v) is 9.06. The Morgan fingerprint density at radius 3 is 2.75 bits per heavy atom. The molecule has 0 unspecified atom stereocenters. The van der Waals surface area contributed by atoms with Crippen molar-refractivity contribution in [1.29, 1.82) is 0 Å². The maximum atomic E-state index is 12.7. The van der Waals surface area contributed by atoms with Crippen LogP contribution in [0.3, 0.4) is 0 Å². The van der Waals surface area contributed by atoms with Crippen LogP contribution in [0.1, 0.15) is 20.3 Å². The molecule has 0 spiro atoms. The van der Waals surface area contributed by atoms with Gasteiger partial charge in [0, 0.05) is 43.1 Å². The zero-order valence-corrected chi connectivity index (χ0v) is 20.3. The minimum Gasteiger partial charge on any atom is -0.377 e. The van der Waals surface area contributed by atoms with Gasteiger partial charge in [0.1, 0.15) is 5.82 Å². The maximum Gasteiger partial charge on any atom is 0.332 e. The van der Waals surface area contributed by atoms with Crippen molar-refractivity contribution in [1.82, 2.24) is 34.1 Å². The van der Waals surface area contributed by atoms with E-state index in [0.29, 0.717) is 25.6 Å². The van der Waals surface area contributed by atoms with E-state index in [9.17, 15) is 4.79 Å². The molecule has 1 saturated heterocycles. The summed E-state index contributed by atoms with van der Waals surface area (Å²) in [5.74, 6) is 1.56. The number of aryl methyl sites for hydroxylation is 1. The zero-order valence-electron chi connectivity index (χ0n) is 20.3. The number of H-pyrrole nitrogens is 1. The molecular formula is C26H28N8O2. The molecule has 1 atom stereocenters. The van der Waals surface area contributed by atoms with Gasteiger partial charge in [0.15, 0.2) is 11.5 Å². The van der Waals surface area contributed by atoms with Gasteiger partial charge >= 0.3 is 5.69 Å². The molecule has 0 amide bonds. The Bertz CT molecular complexity index is 1550. The molecular weight excluding hydrogens is 456 g/mol. The van der Waals surface area contributed by atoms with Crippen molar-refractivity contribution in [3.63, 3.8) is 0 Å². The van der Waals surface area contributed by atoms with E-state index >= 15 is 0 Å². The molecule has 5 heterocycles. The van der Waals surface area contributed by atoms with E-state index in [-0.39, 0.29) is 11.7 Å². The Labute approximate surface area is 207 Å². The van der Waals surface area contributed by atoms with E-state index < -0.39 is 0 Å². The average molecular weight is 485 g/mol. The van der Waals surface area contributed by atoms with Crippen LogP contribution in [-0.4, -0.2) is 59.9 Å². The van der Waals surface area contributed by atoms with Gasteiger partial charge in [0.2, 0.25) is 0 Å². The third kappa shape index (κ3) is 3.79. The Morgan fingerprint density at radius 1 is 1.14 bits per heavy atom. The number of imidazole rings is 1. The SMILES string of the molecule is CCCn1ccn(-c2ccc(-c3cc(N4CCOC[C@H]4C)nc4c3cnn4-c3cc[nH]n3)cc2)c1=O. The first-order chi connectivity index (χ1) is 17.6. The Balaban J connectivity index is 1.46. The fourth-order valence-corrected chi connectivity index (χ4v) is 4.80. The van der Waals surface area contributed by atoms with Gasteiger partial charge in [0.05, 0.1) is 31.1 Å². The molecule has 1 aliphatic heterocycles. The molecule has 5 aromatic rings. The number of rotatable bonds is 6. The Kier molecular flexibility index (Phi) is 5.65. The van der Waals surface area contributed by atoms with Crippen LogP contribution in [-0.2, 0) is 11.3 Å². The number of fused-ring (bicyclic) bond motifs is 1. The molecule has 6 rings (SSSR count). The lowest BCUT2D eigenvalue weighted by Crippen LogP contribution is -2.44. The van der Waals surface area contributed by atoms with Crippen molar-refractivity contribution in [3.8, 4) is 22.6 Å². The summed E-state index contributed by atoms with van der Waals surface area (Å²) in [5.41, 5.74) is 3.59. The Hall–Kier alpha value is -4.18. The predicted octanol–water partition coefficient (Wildman–Crippen LogP) is 3.40. The van der Waals surface area contributed by atoms with E-state index in [1.165, 1.54) is 0 Å². The minimum absolute atomic E-state index is 0.0280. The van der Waals surface area contributed by atoms with Crippen LogP contribution < -0.4 is 10.6 Å². The highest BCUT2D eigenvalue weighted by Gasteiger charge is 2.23. The number of benzene rings is 1. The zero-order chi connectivity index (χ0) is 24.6. The number of nitrogens with one attached hydrogen (secondary N) is 1. The van der Waals surface area contributed by atoms with Crippen LogP contribution in [0.25, 0.3) is 33.7 Å². The second kappa shape index (κ2) is 9.12. The first-order valence-corrected chi connectivity index (χ1v) is 12.3. The molecule has 0 saturated carbocycles. The Morgan fingerprint density at radius 2 is 2.00 bits per heavy atom. The van der Waals surface area contributed by atoms with Crippen LogP contribution in [0.5, 0.6) is 0 Å². The van der Waals surface area contributed by atoms with Crippen LogP contribution >= 0.6 is 0 Å². The number of anilines is 1. The summed E-state index contributed by atoms with van der Waals surface area (Å²) < 4.78 is 10.8. The summed E-state index contributed by atoms with van der Waals surface area (Å²) >= 11 is 0. The molecule has 184 valence electrons. The number of ether oxygens (including phenoxy) is 1. The van der Waals surface area contributed by atoms with Crippen molar-refractivity contribution in [2.45, 2.75) is 32.9 Å². The van der Waals surface area contributed by atoms with Crippen molar-refractivity contribution in [2.24, 2.45) is 0 Å². The standard InChI is InChI=1S/C26H28N8O2/c1-3-10-31-11-12-33(26(31)35)20-6-4-19(5-7-20)21-15-24(32-13-14-36-17-18(32)2)29-25-22(21)16-28-34(25)23-8-9-27-30-23/h4-9,11-12,15-16,18H,3,10,13-14,17H2,1-2H3,(H,27,30)/t18-/m1/s1. The third-order valence-corrected chi connectivity index (χ3v) is 6.66. The number of aromatic amines is 1. The topological polar surface area (TPSA) is 98.8 Å². The highest BCUT2D eigenvalue weighted by atomic mass is 16.5. The van der Waals surface area contributed by atoms with E-state index in [1.807, 2.05) is 48.9 Å². The molecule has 10 nitrogen and oxygen atoms in total. The number of aromatic nitrogens is 7. The monoisotopic (exact) mass is 484 g/mol. The van der Waals surface area contributed by atoms with Gasteiger partial charge in [-0.1, -0.05) is 19.1 Å². The summed E-state index contributed by atoms with van der Waals surface area (Å²) in [5, 5.41) is 12.7. The van der Waals surface area contributed by atoms with Crippen LogP contribution in [0.4, 0.5) is 5.82 Å². The molecule has 10 heteroatoms. The number of hydrogen-bond acceptors (Lipinski definition) is 6. The maximum absolute atomic E-state index is 12.7. The predicted molar refractivity (Wildman–Crippen MR) is 138 cm³/mol. The molecule has 1 N–H and O–H groups in total. The number of hydrogen-bond donors (Lipinski definition) is 1. The minimum atomic E-state index is -0.0280. The van der Waals surface area contributed by atoms with Crippen molar-refractivity contribution < 1.29 is 4.74 Å². The first-order valence-electron chi connectivity index (χ1n) is 12.3. The van der Waals surface area contributed by atoms with Crippen molar-refractivity contribution >= 4 is 16.9 Å². The molecule has 1 aliphatic rings. The summed E-state index contributed by atoms with van der Waals surface area (Å²) in [6.45, 7) is 7.02. The fourth-order valence-electron chi connectivity index (χ4n) is 4.80. The van der Waals surface area contributed by atoms with Crippen molar-refractivity contribution in [2.75, 3.05) is 24.7 Å². The average Bonchev–Trinajstić information content (AvgIpc) is 3.65. The molecule has 0 aliphatic carbocycles. The van der Waals surface area contributed by atoms with E-state index in [0.717, 1.165) is 46.6 Å². The largest absolute Gasteiger partial charge is 0.377 e. The number of pyridine rings is 1. The highest BCUT2D eigenvalue weighted by Crippen LogP contribution is 2.33. The van der Waals surface area contributed by atoms with Crippen LogP contribution in [0, 0.1) is 0 Å². The lowest BCUT2D eigenvalue weighted by atomic mass is 10.0. The number of nitrogens with zero attached hydrogens (tertiary/aromatic N) is 7. The normalized spacial score (nSPS) is 16.2. The first kappa shape index (κ1) is 22.3. The quantitative estimate of drug-likeness (QED) is 0.397. The van der Waals surface area contributed by atoms with E-state index in [2.05, 4.69) is 40.1 Å². The van der Waals surface area contributed by atoms with E-state index in [4.69, 9.17) is 9.72 Å². The fraction of sp³-hybridized carbons (Fsp3) is 0.308. The van der Waals surface area contributed by atoms with E-state index in [1.54, 1.807) is 20.0 Å². The van der Waals surface area contributed by atoms with Crippen LogP contribution in [0.15, 0.2) is 66.0 Å². The lowest BCUT2D eigenvalue weighted by Gasteiger charge is -2.34. The lowest BCUT2D eigenvalue weighted by molar-refractivity contribution is 0.0986. The molecule has 1 aromatic carbocycles.